The third kappa shape index (κ3) is 4.21. The highest BCUT2D eigenvalue weighted by Crippen LogP contribution is 2.58. The molecule has 4 aliphatic rings. The molecule has 0 bridgehead atoms. The number of thiophene rings is 2. The Bertz CT molecular complexity index is 3660. The fourth-order valence-corrected chi connectivity index (χ4v) is 15.0. The van der Waals surface area contributed by atoms with Gasteiger partial charge in [0.15, 0.2) is 0 Å². The SMILES string of the molecule is Cc1cc2c(cc1N1c3cc4c(cc3B3c5c1cc1c(c5-c5cccc6c7sc8ccccc8c7n3c56)C(C)(C)c3ccccc3-1)sc1ccccc14)C(C)(C)CCC2(C)C. The van der Waals surface area contributed by atoms with Crippen LogP contribution in [0.1, 0.15) is 82.2 Å². The zero-order chi connectivity index (χ0) is 41.1. The smallest absolute Gasteiger partial charge is 0.333 e. The molecule has 61 heavy (non-hydrogen) atoms. The maximum absolute atomic E-state index is 2.80. The monoisotopic (exact) mass is 820 g/mol. The molecule has 5 heteroatoms. The van der Waals surface area contributed by atoms with E-state index in [1.807, 2.05) is 22.7 Å². The van der Waals surface area contributed by atoms with Crippen LogP contribution in [-0.4, -0.2) is 11.3 Å². The topological polar surface area (TPSA) is 8.17 Å². The molecule has 294 valence electrons. The lowest BCUT2D eigenvalue weighted by Gasteiger charge is -2.45. The minimum absolute atomic E-state index is 0.0168. The minimum Gasteiger partial charge on any atom is -0.374 e. The first-order valence-corrected chi connectivity index (χ1v) is 23.7. The summed E-state index contributed by atoms with van der Waals surface area (Å²) in [6.07, 6.45) is 2.38. The Kier molecular flexibility index (Phi) is 6.46. The molecule has 2 aliphatic heterocycles. The van der Waals surface area contributed by atoms with Crippen LogP contribution in [-0.2, 0) is 16.2 Å². The average Bonchev–Trinajstić information content (AvgIpc) is 3.97. The summed E-state index contributed by atoms with van der Waals surface area (Å²) in [5, 5.41) is 5.41. The molecule has 0 saturated carbocycles. The molecule has 0 saturated heterocycles. The molecule has 0 N–H and O–H groups in total. The fourth-order valence-electron chi connectivity index (χ4n) is 12.6. The van der Waals surface area contributed by atoms with Gasteiger partial charge >= 0.3 is 6.85 Å². The van der Waals surface area contributed by atoms with Gasteiger partial charge in [0.25, 0.3) is 0 Å². The summed E-state index contributed by atoms with van der Waals surface area (Å²) in [7, 11) is 0. The highest BCUT2D eigenvalue weighted by Gasteiger charge is 2.49. The van der Waals surface area contributed by atoms with E-state index in [0.29, 0.717) is 0 Å². The zero-order valence-corrected chi connectivity index (χ0v) is 37.4. The van der Waals surface area contributed by atoms with Gasteiger partial charge in [-0.25, -0.2) is 0 Å². The summed E-state index contributed by atoms with van der Waals surface area (Å²) in [5.41, 5.74) is 22.3. The van der Waals surface area contributed by atoms with Gasteiger partial charge in [-0.3, -0.25) is 0 Å². The van der Waals surface area contributed by atoms with Crippen molar-refractivity contribution in [2.45, 2.75) is 77.6 Å². The molecule has 0 atom stereocenters. The van der Waals surface area contributed by atoms with Crippen molar-refractivity contribution in [3.8, 4) is 22.3 Å². The number of hydrogen-bond acceptors (Lipinski definition) is 3. The molecular weight excluding hydrogens is 776 g/mol. The number of nitrogens with zero attached hydrogens (tertiary/aromatic N) is 2. The lowest BCUT2D eigenvalue weighted by Crippen LogP contribution is -2.57. The zero-order valence-electron chi connectivity index (χ0n) is 35.7. The first-order valence-electron chi connectivity index (χ1n) is 22.1. The molecule has 7 aromatic carbocycles. The van der Waals surface area contributed by atoms with Crippen LogP contribution < -0.4 is 15.8 Å². The molecule has 10 aromatic rings. The van der Waals surface area contributed by atoms with Crippen molar-refractivity contribution < 1.29 is 0 Å². The summed E-state index contributed by atoms with van der Waals surface area (Å²) >= 11 is 3.90. The van der Waals surface area contributed by atoms with Gasteiger partial charge in [0.05, 0.1) is 10.2 Å². The van der Waals surface area contributed by atoms with Crippen LogP contribution in [0, 0.1) is 6.92 Å². The second kappa shape index (κ2) is 11.2. The van der Waals surface area contributed by atoms with Crippen molar-refractivity contribution in [3.05, 3.63) is 149 Å². The van der Waals surface area contributed by atoms with Gasteiger partial charge in [0, 0.05) is 69.2 Å². The van der Waals surface area contributed by atoms with Crippen LogP contribution >= 0.6 is 22.7 Å². The number of para-hydroxylation sites is 1. The van der Waals surface area contributed by atoms with Gasteiger partial charge in [-0.1, -0.05) is 126 Å². The molecule has 0 radical (unpaired) electrons. The number of hydrogen-bond donors (Lipinski definition) is 0. The van der Waals surface area contributed by atoms with E-state index >= 15 is 0 Å². The first-order chi connectivity index (χ1) is 29.4. The molecule has 3 aromatic heterocycles. The van der Waals surface area contributed by atoms with Crippen LogP contribution in [0.2, 0.25) is 0 Å². The maximum atomic E-state index is 2.80. The minimum atomic E-state index is -0.181. The Morgan fingerprint density at radius 2 is 1.20 bits per heavy atom. The van der Waals surface area contributed by atoms with Gasteiger partial charge in [-0.15, -0.1) is 22.7 Å². The second-order valence-electron chi connectivity index (χ2n) is 20.3. The normalized spacial score (nSPS) is 17.3. The Labute approximate surface area is 365 Å². The molecule has 0 fully saturated rings. The summed E-state index contributed by atoms with van der Waals surface area (Å²) in [6, 6.07) is 47.6. The standard InChI is InChI=1S/C56H45BN2S2/c1-30-25-39-40(55(4,5)24-23-54(39,2)3)28-42(30)58-43-26-36-32-16-9-12-21-45(32)60-47(36)29-41(43)57-50-44(58)27-37-31-15-8-11-20-38(31)56(6,7)49(37)48(50)34-18-14-19-35-51(34)59(57)52-33-17-10-13-22-46(33)61-53(35)52/h8-22,25-29H,23-24H2,1-7H3. The summed E-state index contributed by atoms with van der Waals surface area (Å²) in [4.78, 5) is 2.73. The Hall–Kier alpha value is -5.62. The number of aromatic nitrogens is 1. The molecule has 0 spiro atoms. The van der Waals surface area contributed by atoms with E-state index in [4.69, 9.17) is 0 Å². The van der Waals surface area contributed by atoms with Crippen LogP contribution in [0.15, 0.2) is 121 Å². The fraction of sp³-hybridized carbons (Fsp3) is 0.214. The highest BCUT2D eigenvalue weighted by atomic mass is 32.1. The summed E-state index contributed by atoms with van der Waals surface area (Å²) in [6.45, 7) is 17.2. The number of anilines is 3. The molecule has 2 nitrogen and oxygen atoms in total. The van der Waals surface area contributed by atoms with Crippen molar-refractivity contribution in [2.24, 2.45) is 0 Å². The summed E-state index contributed by atoms with van der Waals surface area (Å²) < 4.78 is 8.26. The molecule has 14 rings (SSSR count). The van der Waals surface area contributed by atoms with Gasteiger partial charge in [0.2, 0.25) is 0 Å². The van der Waals surface area contributed by atoms with E-state index in [2.05, 4.69) is 179 Å². The Morgan fingerprint density at radius 1 is 0.525 bits per heavy atom. The van der Waals surface area contributed by atoms with Gasteiger partial charge in [-0.05, 0) is 122 Å². The molecular formula is C56H45BN2S2. The average molecular weight is 821 g/mol. The van der Waals surface area contributed by atoms with E-state index in [1.165, 1.54) is 142 Å². The molecule has 5 heterocycles. The maximum Gasteiger partial charge on any atom is 0.333 e. The van der Waals surface area contributed by atoms with Crippen molar-refractivity contribution in [2.75, 3.05) is 4.90 Å². The van der Waals surface area contributed by atoms with E-state index < -0.39 is 0 Å². The molecule has 0 unspecified atom stereocenters. The van der Waals surface area contributed by atoms with E-state index in [1.54, 1.807) is 0 Å². The van der Waals surface area contributed by atoms with E-state index in [0.717, 1.165) is 0 Å². The van der Waals surface area contributed by atoms with Crippen molar-refractivity contribution in [3.63, 3.8) is 0 Å². The van der Waals surface area contributed by atoms with Crippen molar-refractivity contribution >= 4 is 109 Å². The largest absolute Gasteiger partial charge is 0.374 e. The van der Waals surface area contributed by atoms with Gasteiger partial charge in [-0.2, -0.15) is 0 Å². The van der Waals surface area contributed by atoms with Crippen LogP contribution in [0.4, 0.5) is 17.1 Å². The van der Waals surface area contributed by atoms with E-state index in [9.17, 15) is 0 Å². The third-order valence-electron chi connectivity index (χ3n) is 15.7. The third-order valence-corrected chi connectivity index (χ3v) is 18.0. The Morgan fingerprint density at radius 3 is 2.00 bits per heavy atom. The molecule has 0 amide bonds. The highest BCUT2D eigenvalue weighted by molar-refractivity contribution is 7.27. The van der Waals surface area contributed by atoms with Gasteiger partial charge < -0.3 is 9.38 Å². The number of fused-ring (bicyclic) bond motifs is 17. The lowest BCUT2D eigenvalue weighted by molar-refractivity contribution is 0.332. The predicted octanol–water partition coefficient (Wildman–Crippen LogP) is 14.8. The first kappa shape index (κ1) is 35.0. The van der Waals surface area contributed by atoms with Crippen LogP contribution in [0.25, 0.3) is 73.6 Å². The summed E-state index contributed by atoms with van der Waals surface area (Å²) in [5.74, 6) is 0. The van der Waals surface area contributed by atoms with Crippen LogP contribution in [0.5, 0.6) is 0 Å². The Balaban J connectivity index is 1.21. The van der Waals surface area contributed by atoms with Crippen molar-refractivity contribution in [1.82, 2.24) is 4.48 Å². The number of rotatable bonds is 1. The molecule has 2 aliphatic carbocycles. The second-order valence-corrected chi connectivity index (χ2v) is 22.5. The quantitative estimate of drug-likeness (QED) is 0.150. The van der Waals surface area contributed by atoms with E-state index in [-0.39, 0.29) is 23.1 Å². The van der Waals surface area contributed by atoms with Crippen molar-refractivity contribution in [1.29, 1.82) is 0 Å². The predicted molar refractivity (Wildman–Crippen MR) is 266 cm³/mol. The lowest BCUT2D eigenvalue weighted by atomic mass is 9.44. The van der Waals surface area contributed by atoms with Gasteiger partial charge in [0.1, 0.15) is 0 Å². The van der Waals surface area contributed by atoms with Crippen LogP contribution in [0.3, 0.4) is 0 Å². The number of aryl methyl sites for hydroxylation is 1. The number of benzene rings is 7.